The predicted octanol–water partition coefficient (Wildman–Crippen LogP) is 1.62. The van der Waals surface area contributed by atoms with Gasteiger partial charge in [-0.25, -0.2) is 0 Å². The van der Waals surface area contributed by atoms with E-state index in [0.29, 0.717) is 5.56 Å². The number of methoxy groups -OCH3 is 1. The summed E-state index contributed by atoms with van der Waals surface area (Å²) in [5.74, 6) is 2.99. The maximum absolute atomic E-state index is 11.7. The zero-order valence-electron chi connectivity index (χ0n) is 9.54. The fraction of sp³-hybridized carbons (Fsp3) is 0.308. The molecule has 0 aromatic heterocycles. The van der Waals surface area contributed by atoms with Crippen molar-refractivity contribution >= 4 is 5.91 Å². The zero-order valence-corrected chi connectivity index (χ0v) is 9.54. The summed E-state index contributed by atoms with van der Waals surface area (Å²) in [4.78, 5) is 11.7. The topological polar surface area (TPSA) is 38.3 Å². The Morgan fingerprint density at radius 2 is 2.31 bits per heavy atom. The molecule has 0 heterocycles. The summed E-state index contributed by atoms with van der Waals surface area (Å²) in [6.45, 7) is 2.24. The summed E-state index contributed by atoms with van der Waals surface area (Å²) >= 11 is 0. The minimum Gasteiger partial charge on any atom is -0.497 e. The molecular weight excluding hydrogens is 202 g/mol. The SMILES string of the molecule is C#CCNC(=O)c1ccc(OC)cc1CC. The summed E-state index contributed by atoms with van der Waals surface area (Å²) in [6.07, 6.45) is 5.86. The van der Waals surface area contributed by atoms with Crippen LogP contribution in [0, 0.1) is 12.3 Å². The Bertz CT molecular complexity index is 418. The molecule has 0 saturated carbocycles. The van der Waals surface area contributed by atoms with Crippen molar-refractivity contribution in [2.45, 2.75) is 13.3 Å². The number of rotatable bonds is 4. The van der Waals surface area contributed by atoms with Gasteiger partial charge in [0.05, 0.1) is 13.7 Å². The monoisotopic (exact) mass is 217 g/mol. The second-order valence-corrected chi connectivity index (χ2v) is 3.26. The summed E-state index contributed by atoms with van der Waals surface area (Å²) in [6, 6.07) is 5.39. The molecule has 0 radical (unpaired) electrons. The van der Waals surface area contributed by atoms with E-state index >= 15 is 0 Å². The van der Waals surface area contributed by atoms with E-state index in [4.69, 9.17) is 11.2 Å². The Balaban J connectivity index is 2.95. The average Bonchev–Trinajstić information content (AvgIpc) is 2.34. The third-order valence-electron chi connectivity index (χ3n) is 2.29. The molecule has 3 nitrogen and oxygen atoms in total. The van der Waals surface area contributed by atoms with Crippen molar-refractivity contribution in [2.75, 3.05) is 13.7 Å². The molecule has 1 aromatic carbocycles. The third-order valence-corrected chi connectivity index (χ3v) is 2.29. The second-order valence-electron chi connectivity index (χ2n) is 3.26. The van der Waals surface area contributed by atoms with Crippen molar-refractivity contribution in [1.29, 1.82) is 0 Å². The summed E-state index contributed by atoms with van der Waals surface area (Å²) < 4.78 is 5.11. The lowest BCUT2D eigenvalue weighted by molar-refractivity contribution is 0.0958. The fourth-order valence-corrected chi connectivity index (χ4v) is 1.44. The number of hydrogen-bond donors (Lipinski definition) is 1. The molecule has 0 unspecified atom stereocenters. The highest BCUT2D eigenvalue weighted by Gasteiger charge is 2.10. The van der Waals surface area contributed by atoms with E-state index in [0.717, 1.165) is 17.7 Å². The largest absolute Gasteiger partial charge is 0.497 e. The van der Waals surface area contributed by atoms with E-state index in [-0.39, 0.29) is 12.5 Å². The number of benzene rings is 1. The van der Waals surface area contributed by atoms with E-state index < -0.39 is 0 Å². The van der Waals surface area contributed by atoms with Gasteiger partial charge in [-0.1, -0.05) is 12.8 Å². The Morgan fingerprint density at radius 3 is 2.88 bits per heavy atom. The van der Waals surface area contributed by atoms with Crippen LogP contribution in [0.4, 0.5) is 0 Å². The molecule has 0 fully saturated rings. The van der Waals surface area contributed by atoms with Gasteiger partial charge < -0.3 is 10.1 Å². The Labute approximate surface area is 95.8 Å². The van der Waals surface area contributed by atoms with Crippen LogP contribution in [0.3, 0.4) is 0 Å². The highest BCUT2D eigenvalue weighted by atomic mass is 16.5. The van der Waals surface area contributed by atoms with Crippen molar-refractivity contribution < 1.29 is 9.53 Å². The molecule has 1 rings (SSSR count). The Kier molecular flexibility index (Phi) is 4.41. The fourth-order valence-electron chi connectivity index (χ4n) is 1.44. The quantitative estimate of drug-likeness (QED) is 0.778. The lowest BCUT2D eigenvalue weighted by Gasteiger charge is -2.09. The van der Waals surface area contributed by atoms with Crippen LogP contribution in [0.15, 0.2) is 18.2 Å². The van der Waals surface area contributed by atoms with E-state index in [9.17, 15) is 4.79 Å². The standard InChI is InChI=1S/C13H15NO2/c1-4-8-14-13(15)12-7-6-11(16-3)9-10(12)5-2/h1,6-7,9H,5,8H2,2-3H3,(H,14,15). The Morgan fingerprint density at radius 1 is 1.56 bits per heavy atom. The number of carbonyl (C=O) groups excluding carboxylic acids is 1. The maximum Gasteiger partial charge on any atom is 0.252 e. The highest BCUT2D eigenvalue weighted by Crippen LogP contribution is 2.18. The summed E-state index contributed by atoms with van der Waals surface area (Å²) in [7, 11) is 1.60. The first kappa shape index (κ1) is 12.1. The van der Waals surface area contributed by atoms with Crippen LogP contribution in [-0.4, -0.2) is 19.6 Å². The van der Waals surface area contributed by atoms with Crippen LogP contribution in [0.25, 0.3) is 0 Å². The normalized spacial score (nSPS) is 9.31. The molecule has 1 amide bonds. The van der Waals surface area contributed by atoms with Crippen molar-refractivity contribution in [3.8, 4) is 18.1 Å². The molecule has 0 atom stereocenters. The highest BCUT2D eigenvalue weighted by molar-refractivity contribution is 5.96. The molecule has 0 aliphatic rings. The molecule has 1 N–H and O–H groups in total. The van der Waals surface area contributed by atoms with Crippen LogP contribution in [-0.2, 0) is 6.42 Å². The van der Waals surface area contributed by atoms with E-state index in [1.54, 1.807) is 19.2 Å². The molecular formula is C13H15NO2. The first-order valence-corrected chi connectivity index (χ1v) is 5.11. The third kappa shape index (κ3) is 2.77. The predicted molar refractivity (Wildman–Crippen MR) is 63.5 cm³/mol. The molecule has 0 bridgehead atoms. The molecule has 0 saturated heterocycles. The van der Waals surface area contributed by atoms with E-state index in [2.05, 4.69) is 11.2 Å². The van der Waals surface area contributed by atoms with Crippen LogP contribution in [0.5, 0.6) is 5.75 Å². The van der Waals surface area contributed by atoms with E-state index in [1.165, 1.54) is 0 Å². The smallest absolute Gasteiger partial charge is 0.252 e. The lowest BCUT2D eigenvalue weighted by Crippen LogP contribution is -2.24. The first-order valence-electron chi connectivity index (χ1n) is 5.11. The van der Waals surface area contributed by atoms with E-state index in [1.807, 2.05) is 13.0 Å². The number of ether oxygens (including phenoxy) is 1. The molecule has 84 valence electrons. The average molecular weight is 217 g/mol. The number of aryl methyl sites for hydroxylation is 1. The number of carbonyl (C=O) groups is 1. The number of nitrogens with one attached hydrogen (secondary N) is 1. The van der Waals surface area contributed by atoms with Gasteiger partial charge in [-0.15, -0.1) is 6.42 Å². The van der Waals surface area contributed by atoms with Crippen molar-refractivity contribution in [1.82, 2.24) is 5.32 Å². The number of amides is 1. The van der Waals surface area contributed by atoms with Gasteiger partial charge in [-0.2, -0.15) is 0 Å². The summed E-state index contributed by atoms with van der Waals surface area (Å²) in [5, 5.41) is 2.64. The van der Waals surface area contributed by atoms with Gasteiger partial charge in [0.15, 0.2) is 0 Å². The second kappa shape index (κ2) is 5.82. The molecule has 0 aliphatic carbocycles. The maximum atomic E-state index is 11.7. The minimum absolute atomic E-state index is 0.141. The van der Waals surface area contributed by atoms with Crippen molar-refractivity contribution in [3.05, 3.63) is 29.3 Å². The molecule has 0 spiro atoms. The van der Waals surface area contributed by atoms with Crippen LogP contribution < -0.4 is 10.1 Å². The van der Waals surface area contributed by atoms with Crippen LogP contribution in [0.1, 0.15) is 22.8 Å². The summed E-state index contributed by atoms with van der Waals surface area (Å²) in [5.41, 5.74) is 1.60. The van der Waals surface area contributed by atoms with Gasteiger partial charge in [-0.05, 0) is 30.2 Å². The van der Waals surface area contributed by atoms with Gasteiger partial charge in [0.1, 0.15) is 5.75 Å². The zero-order chi connectivity index (χ0) is 12.0. The molecule has 0 aliphatic heterocycles. The van der Waals surface area contributed by atoms with Gasteiger partial charge >= 0.3 is 0 Å². The van der Waals surface area contributed by atoms with Crippen molar-refractivity contribution in [2.24, 2.45) is 0 Å². The van der Waals surface area contributed by atoms with Crippen LogP contribution >= 0.6 is 0 Å². The molecule has 3 heteroatoms. The van der Waals surface area contributed by atoms with Crippen LogP contribution in [0.2, 0.25) is 0 Å². The number of terminal acetylenes is 1. The van der Waals surface area contributed by atoms with Gasteiger partial charge in [0.25, 0.3) is 5.91 Å². The molecule has 16 heavy (non-hydrogen) atoms. The molecule has 1 aromatic rings. The van der Waals surface area contributed by atoms with Gasteiger partial charge in [-0.3, -0.25) is 4.79 Å². The first-order chi connectivity index (χ1) is 7.72. The lowest BCUT2D eigenvalue weighted by atomic mass is 10.0. The Hall–Kier alpha value is -1.95. The van der Waals surface area contributed by atoms with Gasteiger partial charge in [0.2, 0.25) is 0 Å². The minimum atomic E-state index is -0.141. The van der Waals surface area contributed by atoms with Gasteiger partial charge in [0, 0.05) is 5.56 Å². The van der Waals surface area contributed by atoms with Crippen molar-refractivity contribution in [3.63, 3.8) is 0 Å². The number of hydrogen-bond acceptors (Lipinski definition) is 2.